The first-order chi connectivity index (χ1) is 28.1. The molecule has 2 nitrogen and oxygen atoms in total. The van der Waals surface area contributed by atoms with Gasteiger partial charge in [-0.15, -0.1) is 0 Å². The van der Waals surface area contributed by atoms with E-state index in [1.807, 2.05) is 31.2 Å². The van der Waals surface area contributed by atoms with E-state index in [1.165, 1.54) is 77.1 Å². The van der Waals surface area contributed by atoms with Gasteiger partial charge in [0.05, 0.1) is 11.0 Å². The summed E-state index contributed by atoms with van der Waals surface area (Å²) in [7, 11) is 0. The van der Waals surface area contributed by atoms with Crippen LogP contribution in [-0.2, 0) is 0 Å². The molecule has 11 rings (SSSR count). The monoisotopic (exact) mass is 731 g/mol. The number of nitrogens with zero attached hydrogens (tertiary/aromatic N) is 1. The van der Waals surface area contributed by atoms with Crippen LogP contribution in [0.4, 0.5) is 0 Å². The van der Waals surface area contributed by atoms with Gasteiger partial charge in [0, 0.05) is 27.2 Å². The van der Waals surface area contributed by atoms with Crippen LogP contribution in [0.1, 0.15) is 6.92 Å². The van der Waals surface area contributed by atoms with Crippen LogP contribution < -0.4 is 0 Å². The smallest absolute Gasteiger partial charge is 0.135 e. The van der Waals surface area contributed by atoms with E-state index in [9.17, 15) is 0 Å². The lowest BCUT2D eigenvalue weighted by Crippen LogP contribution is -1.94. The van der Waals surface area contributed by atoms with E-state index < -0.39 is 0 Å². The van der Waals surface area contributed by atoms with E-state index in [2.05, 4.69) is 176 Å². The van der Waals surface area contributed by atoms with E-state index in [4.69, 9.17) is 4.42 Å². The quantitative estimate of drug-likeness (QED) is 0.161. The zero-order chi connectivity index (χ0) is 38.9. The number of furan rings is 1. The molecule has 0 radical (unpaired) electrons. The Bertz CT molecular complexity index is 3160. The summed E-state index contributed by atoms with van der Waals surface area (Å²) in [5, 5.41) is 7.49. The van der Waals surface area contributed by atoms with Gasteiger partial charge in [-0.2, -0.15) is 0 Å². The summed E-state index contributed by atoms with van der Waals surface area (Å²) < 4.78 is 8.62. The minimum absolute atomic E-state index is 0.917. The first-order valence-corrected chi connectivity index (χ1v) is 19.3. The molecule has 0 aliphatic heterocycles. The van der Waals surface area contributed by atoms with Crippen molar-refractivity contribution in [3.8, 4) is 50.2 Å². The van der Waals surface area contributed by atoms with Gasteiger partial charge in [0.25, 0.3) is 0 Å². The van der Waals surface area contributed by atoms with Crippen molar-refractivity contribution in [2.45, 2.75) is 6.92 Å². The Hall–Kier alpha value is -7.42. The Kier molecular flexibility index (Phi) is 9.30. The van der Waals surface area contributed by atoms with Gasteiger partial charge in [0.15, 0.2) is 0 Å². The molecule has 0 saturated carbocycles. The maximum atomic E-state index is 6.16. The standard InChI is InChI=1S/C46H27NO.C5H8.C4H6/c1-2-9-28(10-3-1)29-17-21-32(22-18-29)47-41-23-19-30(31-20-24-44-38(25-31)35-13-6-7-16-43(35)48-44)26-40(41)46-37-15-8-14-36-33-11-4-5-12-34(33)39(45(36)37)27-42(46)47;1-3-5-4-2;1-3-4-2/h1-27H;3-5H,1H2,2H3;3-4H,1-2H2/b;5-4-;. The molecule has 2 heteroatoms. The van der Waals surface area contributed by atoms with Crippen molar-refractivity contribution in [2.24, 2.45) is 0 Å². The molecule has 0 fully saturated rings. The summed E-state index contributed by atoms with van der Waals surface area (Å²) in [4.78, 5) is 0. The van der Waals surface area contributed by atoms with Crippen LogP contribution in [0, 0.1) is 0 Å². The Morgan fingerprint density at radius 1 is 0.421 bits per heavy atom. The molecule has 8 aromatic carbocycles. The average Bonchev–Trinajstić information content (AvgIpc) is 3.93. The van der Waals surface area contributed by atoms with E-state index >= 15 is 0 Å². The van der Waals surface area contributed by atoms with E-state index in [0.717, 1.165) is 27.6 Å². The molecule has 0 bridgehead atoms. The Morgan fingerprint density at radius 3 is 1.74 bits per heavy atom. The van der Waals surface area contributed by atoms with Gasteiger partial charge in [-0.1, -0.05) is 165 Å². The maximum Gasteiger partial charge on any atom is 0.135 e. The first-order valence-electron chi connectivity index (χ1n) is 19.3. The Morgan fingerprint density at radius 2 is 1.02 bits per heavy atom. The number of fused-ring (bicyclic) bond motifs is 10. The van der Waals surface area contributed by atoms with E-state index in [0.29, 0.717) is 0 Å². The molecule has 57 heavy (non-hydrogen) atoms. The van der Waals surface area contributed by atoms with Crippen LogP contribution in [0.2, 0.25) is 0 Å². The molecule has 0 N–H and O–H groups in total. The number of hydrogen-bond acceptors (Lipinski definition) is 1. The highest BCUT2D eigenvalue weighted by Crippen LogP contribution is 2.51. The molecule has 2 heterocycles. The second-order valence-corrected chi connectivity index (χ2v) is 14.1. The van der Waals surface area contributed by atoms with Gasteiger partial charge in [0.1, 0.15) is 11.2 Å². The van der Waals surface area contributed by atoms with Crippen LogP contribution in [0.3, 0.4) is 0 Å². The van der Waals surface area contributed by atoms with Gasteiger partial charge in [0.2, 0.25) is 0 Å². The third-order valence-corrected chi connectivity index (χ3v) is 10.8. The lowest BCUT2D eigenvalue weighted by Gasteiger charge is -2.11. The number of rotatable bonds is 5. The second kappa shape index (κ2) is 15.0. The fourth-order valence-electron chi connectivity index (χ4n) is 8.31. The van der Waals surface area contributed by atoms with Crippen LogP contribution >= 0.6 is 0 Å². The number of aromatic nitrogens is 1. The summed E-state index contributed by atoms with van der Waals surface area (Å²) >= 11 is 0. The summed E-state index contributed by atoms with van der Waals surface area (Å²) in [6.07, 6.45) is 8.85. The van der Waals surface area contributed by atoms with Crippen LogP contribution in [-0.4, -0.2) is 4.57 Å². The maximum absolute atomic E-state index is 6.16. The molecule has 0 unspecified atom stereocenters. The normalized spacial score (nSPS) is 11.4. The van der Waals surface area contributed by atoms with Crippen LogP contribution in [0.5, 0.6) is 0 Å². The molecule has 272 valence electrons. The number of para-hydroxylation sites is 1. The van der Waals surface area contributed by atoms with Gasteiger partial charge < -0.3 is 8.98 Å². The summed E-state index contributed by atoms with van der Waals surface area (Å²) in [6.45, 7) is 12.1. The zero-order valence-electron chi connectivity index (χ0n) is 32.0. The molecule has 0 atom stereocenters. The van der Waals surface area contributed by atoms with Crippen molar-refractivity contribution in [1.82, 2.24) is 4.57 Å². The van der Waals surface area contributed by atoms with Gasteiger partial charge in [-0.3, -0.25) is 0 Å². The molecular weight excluding hydrogens is 691 g/mol. The second-order valence-electron chi connectivity index (χ2n) is 14.1. The Labute approximate surface area is 333 Å². The Balaban J connectivity index is 0.000000428. The van der Waals surface area contributed by atoms with Gasteiger partial charge in [-0.25, -0.2) is 0 Å². The molecule has 2 aromatic heterocycles. The van der Waals surface area contributed by atoms with Crippen LogP contribution in [0.25, 0.3) is 105 Å². The van der Waals surface area contributed by atoms with E-state index in [-0.39, 0.29) is 0 Å². The molecule has 10 aromatic rings. The van der Waals surface area contributed by atoms with Crippen LogP contribution in [0.15, 0.2) is 218 Å². The predicted molar refractivity (Wildman–Crippen MR) is 246 cm³/mol. The van der Waals surface area contributed by atoms with Crippen molar-refractivity contribution >= 4 is 54.5 Å². The minimum atomic E-state index is 0.917. The fourth-order valence-corrected chi connectivity index (χ4v) is 8.31. The summed E-state index contributed by atoms with van der Waals surface area (Å²) in [6, 6.07) is 59.6. The fraction of sp³-hybridized carbons (Fsp3) is 0.0182. The summed E-state index contributed by atoms with van der Waals surface area (Å²) in [5.41, 5.74) is 15.5. The van der Waals surface area contributed by atoms with Crippen molar-refractivity contribution < 1.29 is 4.42 Å². The molecule has 1 aliphatic carbocycles. The van der Waals surface area contributed by atoms with Gasteiger partial charge >= 0.3 is 0 Å². The predicted octanol–water partition coefficient (Wildman–Crippen LogP) is 15.9. The summed E-state index contributed by atoms with van der Waals surface area (Å²) in [5.74, 6) is 0. The highest BCUT2D eigenvalue weighted by atomic mass is 16.3. The molecular formula is C55H41NO. The lowest BCUT2D eigenvalue weighted by molar-refractivity contribution is 0.669. The topological polar surface area (TPSA) is 18.1 Å². The van der Waals surface area contributed by atoms with Gasteiger partial charge in [-0.05, 0) is 111 Å². The number of allylic oxidation sites excluding steroid dienone is 5. The lowest BCUT2D eigenvalue weighted by atomic mass is 9.96. The number of hydrogen-bond donors (Lipinski definition) is 0. The zero-order valence-corrected chi connectivity index (χ0v) is 32.0. The third-order valence-electron chi connectivity index (χ3n) is 10.8. The van der Waals surface area contributed by atoms with Crippen molar-refractivity contribution in [2.75, 3.05) is 0 Å². The molecule has 1 aliphatic rings. The highest BCUT2D eigenvalue weighted by Gasteiger charge is 2.25. The molecule has 0 amide bonds. The van der Waals surface area contributed by atoms with Crippen molar-refractivity contribution in [1.29, 1.82) is 0 Å². The molecule has 0 saturated heterocycles. The van der Waals surface area contributed by atoms with E-state index in [1.54, 1.807) is 18.2 Å². The first kappa shape index (κ1) is 35.3. The number of benzene rings is 8. The SMILES string of the molecule is C=C/C=C\C.C=CC=C.c1ccc(-c2ccc(-n3c4ccc(-c5ccc6oc7ccccc7c6c5)cc4c4c5cccc6c5c(cc43)-c3ccccc3-6)cc2)cc1. The minimum Gasteiger partial charge on any atom is -0.456 e. The largest absolute Gasteiger partial charge is 0.456 e. The van der Waals surface area contributed by atoms with Crippen molar-refractivity contribution in [3.05, 3.63) is 214 Å². The highest BCUT2D eigenvalue weighted by molar-refractivity contribution is 6.29. The van der Waals surface area contributed by atoms with Crippen molar-refractivity contribution in [3.63, 3.8) is 0 Å². The average molecular weight is 732 g/mol. The molecule has 0 spiro atoms. The third kappa shape index (κ3) is 6.09.